The van der Waals surface area contributed by atoms with Crippen molar-refractivity contribution in [1.29, 1.82) is 0 Å². The summed E-state index contributed by atoms with van der Waals surface area (Å²) in [5, 5.41) is 4.60. The lowest BCUT2D eigenvalue weighted by atomic mass is 10.1. The zero-order valence-electron chi connectivity index (χ0n) is 8.67. The van der Waals surface area contributed by atoms with Crippen LogP contribution in [0.5, 0.6) is 0 Å². The minimum atomic E-state index is 0.522. The van der Waals surface area contributed by atoms with E-state index in [0.29, 0.717) is 6.04 Å². The number of rotatable bonds is 3. The van der Waals surface area contributed by atoms with Crippen LogP contribution in [0.4, 0.5) is 0 Å². The zero-order valence-corrected chi connectivity index (χ0v) is 8.67. The highest BCUT2D eigenvalue weighted by Gasteiger charge is 2.05. The number of likely N-dealkylation sites (N-methyl/N-ethyl adjacent to an activating group) is 1. The highest BCUT2D eigenvalue weighted by atomic mass is 14.8. The van der Waals surface area contributed by atoms with E-state index in [2.05, 4.69) is 47.7 Å². The molecule has 1 aromatic carbocycles. The van der Waals surface area contributed by atoms with Crippen molar-refractivity contribution in [2.24, 2.45) is 0 Å². The fourth-order valence-electron chi connectivity index (χ4n) is 1.73. The van der Waals surface area contributed by atoms with E-state index >= 15 is 0 Å². The molecule has 2 rings (SSSR count). The average Bonchev–Trinajstić information content (AvgIpc) is 2.62. The normalized spacial score (nSPS) is 13.3. The van der Waals surface area contributed by atoms with Gasteiger partial charge in [-0.1, -0.05) is 18.2 Å². The molecule has 0 saturated carbocycles. The lowest BCUT2D eigenvalue weighted by molar-refractivity contribution is 0.610. The van der Waals surface area contributed by atoms with Crippen molar-refractivity contribution in [3.63, 3.8) is 0 Å². The number of para-hydroxylation sites is 1. The van der Waals surface area contributed by atoms with Crippen LogP contribution in [0, 0.1) is 0 Å². The van der Waals surface area contributed by atoms with Gasteiger partial charge in [0.15, 0.2) is 0 Å². The van der Waals surface area contributed by atoms with Gasteiger partial charge in [0.05, 0.1) is 0 Å². The van der Waals surface area contributed by atoms with Gasteiger partial charge in [-0.3, -0.25) is 0 Å². The average molecular weight is 188 g/mol. The third-order valence-electron chi connectivity index (χ3n) is 2.69. The summed E-state index contributed by atoms with van der Waals surface area (Å²) < 4.78 is 0. The second-order valence-corrected chi connectivity index (χ2v) is 3.75. The summed E-state index contributed by atoms with van der Waals surface area (Å²) in [4.78, 5) is 3.29. The molecule has 1 aromatic heterocycles. The Labute approximate surface area is 84.3 Å². The third-order valence-corrected chi connectivity index (χ3v) is 2.69. The molecule has 74 valence electrons. The van der Waals surface area contributed by atoms with E-state index in [1.54, 1.807) is 0 Å². The molecule has 0 bridgehead atoms. The number of H-pyrrole nitrogens is 1. The van der Waals surface area contributed by atoms with Crippen molar-refractivity contribution in [3.05, 3.63) is 36.0 Å². The Morgan fingerprint density at radius 3 is 2.93 bits per heavy atom. The lowest BCUT2D eigenvalue weighted by Gasteiger charge is -2.08. The molecule has 0 saturated heterocycles. The number of aromatic nitrogens is 1. The Morgan fingerprint density at radius 1 is 1.36 bits per heavy atom. The van der Waals surface area contributed by atoms with Gasteiger partial charge in [-0.05, 0) is 32.0 Å². The number of hydrogen-bond donors (Lipinski definition) is 2. The summed E-state index contributed by atoms with van der Waals surface area (Å²) in [5.74, 6) is 0. The molecule has 0 amide bonds. The van der Waals surface area contributed by atoms with Crippen LogP contribution in [0.3, 0.4) is 0 Å². The first-order chi connectivity index (χ1) is 6.81. The number of aromatic amines is 1. The van der Waals surface area contributed by atoms with Gasteiger partial charge >= 0.3 is 0 Å². The first kappa shape index (κ1) is 9.28. The van der Waals surface area contributed by atoms with Gasteiger partial charge in [0, 0.05) is 23.1 Å². The van der Waals surface area contributed by atoms with Gasteiger partial charge in [-0.25, -0.2) is 0 Å². The predicted molar refractivity (Wildman–Crippen MR) is 60.5 cm³/mol. The molecule has 1 atom stereocenters. The van der Waals surface area contributed by atoms with E-state index in [0.717, 1.165) is 6.42 Å². The molecule has 0 spiro atoms. The molecule has 0 aliphatic rings. The molecule has 2 heteroatoms. The second kappa shape index (κ2) is 3.84. The molecule has 1 heterocycles. The summed E-state index contributed by atoms with van der Waals surface area (Å²) in [6.07, 6.45) is 3.18. The summed E-state index contributed by atoms with van der Waals surface area (Å²) >= 11 is 0. The van der Waals surface area contributed by atoms with Gasteiger partial charge < -0.3 is 10.3 Å². The van der Waals surface area contributed by atoms with E-state index in [-0.39, 0.29) is 0 Å². The van der Waals surface area contributed by atoms with Crippen molar-refractivity contribution in [1.82, 2.24) is 10.3 Å². The quantitative estimate of drug-likeness (QED) is 0.760. The van der Waals surface area contributed by atoms with Crippen molar-refractivity contribution in [2.45, 2.75) is 19.4 Å². The first-order valence-corrected chi connectivity index (χ1v) is 5.03. The van der Waals surface area contributed by atoms with E-state index < -0.39 is 0 Å². The molecule has 0 aliphatic carbocycles. The lowest BCUT2D eigenvalue weighted by Crippen LogP contribution is -2.23. The Morgan fingerprint density at radius 2 is 2.14 bits per heavy atom. The highest BCUT2D eigenvalue weighted by Crippen LogP contribution is 2.18. The standard InChI is InChI=1S/C12H16N2/c1-9(13-2)7-10-8-14-12-6-4-3-5-11(10)12/h3-6,8-9,13-14H,7H2,1-2H3/t9-/m1/s1. The molecule has 2 nitrogen and oxygen atoms in total. The van der Waals surface area contributed by atoms with Crippen LogP contribution in [-0.4, -0.2) is 18.1 Å². The maximum Gasteiger partial charge on any atom is 0.0456 e. The van der Waals surface area contributed by atoms with Gasteiger partial charge in [-0.2, -0.15) is 0 Å². The summed E-state index contributed by atoms with van der Waals surface area (Å²) in [6, 6.07) is 8.95. The Hall–Kier alpha value is -1.28. The molecular weight excluding hydrogens is 172 g/mol. The van der Waals surface area contributed by atoms with Gasteiger partial charge in [0.1, 0.15) is 0 Å². The molecule has 2 aromatic rings. The predicted octanol–water partition coefficient (Wildman–Crippen LogP) is 2.32. The SMILES string of the molecule is CN[C@H](C)Cc1c[nH]c2ccccc12. The molecule has 0 fully saturated rings. The van der Waals surface area contributed by atoms with Gasteiger partial charge in [0.2, 0.25) is 0 Å². The maximum absolute atomic E-state index is 3.29. The molecule has 0 radical (unpaired) electrons. The van der Waals surface area contributed by atoms with E-state index in [1.807, 2.05) is 7.05 Å². The fraction of sp³-hybridized carbons (Fsp3) is 0.333. The molecule has 0 aliphatic heterocycles. The Balaban J connectivity index is 2.33. The molecule has 2 N–H and O–H groups in total. The van der Waals surface area contributed by atoms with E-state index in [1.165, 1.54) is 16.5 Å². The van der Waals surface area contributed by atoms with E-state index in [9.17, 15) is 0 Å². The second-order valence-electron chi connectivity index (χ2n) is 3.75. The monoisotopic (exact) mass is 188 g/mol. The summed E-state index contributed by atoms with van der Waals surface area (Å²) in [5.41, 5.74) is 2.62. The number of hydrogen-bond acceptors (Lipinski definition) is 1. The van der Waals surface area contributed by atoms with Crippen molar-refractivity contribution < 1.29 is 0 Å². The number of nitrogens with one attached hydrogen (secondary N) is 2. The van der Waals surface area contributed by atoms with Crippen LogP contribution in [0.15, 0.2) is 30.5 Å². The zero-order chi connectivity index (χ0) is 9.97. The minimum absolute atomic E-state index is 0.522. The maximum atomic E-state index is 3.29. The summed E-state index contributed by atoms with van der Waals surface area (Å²) in [7, 11) is 2.00. The van der Waals surface area contributed by atoms with Crippen molar-refractivity contribution in [2.75, 3.05) is 7.05 Å². The highest BCUT2D eigenvalue weighted by molar-refractivity contribution is 5.83. The summed E-state index contributed by atoms with van der Waals surface area (Å²) in [6.45, 7) is 2.20. The smallest absolute Gasteiger partial charge is 0.0456 e. The largest absolute Gasteiger partial charge is 0.361 e. The van der Waals surface area contributed by atoms with E-state index in [4.69, 9.17) is 0 Å². The van der Waals surface area contributed by atoms with Crippen molar-refractivity contribution in [3.8, 4) is 0 Å². The van der Waals surface area contributed by atoms with Crippen LogP contribution in [0.25, 0.3) is 10.9 Å². The van der Waals surface area contributed by atoms with Crippen LogP contribution < -0.4 is 5.32 Å². The minimum Gasteiger partial charge on any atom is -0.361 e. The van der Waals surface area contributed by atoms with Crippen LogP contribution in [0.2, 0.25) is 0 Å². The van der Waals surface area contributed by atoms with Gasteiger partial charge in [0.25, 0.3) is 0 Å². The number of fused-ring (bicyclic) bond motifs is 1. The Bertz CT molecular complexity index is 417. The Kier molecular flexibility index (Phi) is 2.55. The molecule has 0 unspecified atom stereocenters. The van der Waals surface area contributed by atoms with Gasteiger partial charge in [-0.15, -0.1) is 0 Å². The fourth-order valence-corrected chi connectivity index (χ4v) is 1.73. The topological polar surface area (TPSA) is 27.8 Å². The molecule has 14 heavy (non-hydrogen) atoms. The van der Waals surface area contributed by atoms with Crippen LogP contribution in [0.1, 0.15) is 12.5 Å². The van der Waals surface area contributed by atoms with Crippen molar-refractivity contribution >= 4 is 10.9 Å². The number of benzene rings is 1. The first-order valence-electron chi connectivity index (χ1n) is 5.03. The van der Waals surface area contributed by atoms with Crippen LogP contribution >= 0.6 is 0 Å². The molecular formula is C12H16N2. The van der Waals surface area contributed by atoms with Crippen LogP contribution in [-0.2, 0) is 6.42 Å². The third kappa shape index (κ3) is 1.66.